The SMILES string of the molecule is O=Cc1c(O)n(-c2ccc(Cl)cc2)[nH]c1=O. The lowest BCUT2D eigenvalue weighted by Crippen LogP contribution is -2.06. The Balaban J connectivity index is 2.61. The second kappa shape index (κ2) is 3.86. The molecule has 0 aliphatic carbocycles. The van der Waals surface area contributed by atoms with Crippen LogP contribution in [0, 0.1) is 0 Å². The van der Waals surface area contributed by atoms with Crippen LogP contribution in [0.2, 0.25) is 5.02 Å². The molecule has 6 heteroatoms. The first-order valence-electron chi connectivity index (χ1n) is 4.38. The Kier molecular flexibility index (Phi) is 2.54. The summed E-state index contributed by atoms with van der Waals surface area (Å²) in [4.78, 5) is 21.8. The van der Waals surface area contributed by atoms with Gasteiger partial charge in [-0.3, -0.25) is 14.7 Å². The Morgan fingerprint density at radius 1 is 1.31 bits per heavy atom. The van der Waals surface area contributed by atoms with Gasteiger partial charge in [0.2, 0.25) is 5.88 Å². The third-order valence-electron chi connectivity index (χ3n) is 2.11. The van der Waals surface area contributed by atoms with Crippen LogP contribution in [0.5, 0.6) is 5.88 Å². The Morgan fingerprint density at radius 2 is 1.94 bits per heavy atom. The van der Waals surface area contributed by atoms with Crippen molar-refractivity contribution < 1.29 is 9.90 Å². The maximum Gasteiger partial charge on any atom is 0.279 e. The van der Waals surface area contributed by atoms with Gasteiger partial charge in [0.15, 0.2) is 6.29 Å². The minimum absolute atomic E-state index is 0.296. The van der Waals surface area contributed by atoms with Crippen molar-refractivity contribution in [2.75, 3.05) is 0 Å². The normalized spacial score (nSPS) is 10.3. The van der Waals surface area contributed by atoms with Crippen LogP contribution in [0.25, 0.3) is 5.69 Å². The number of benzene rings is 1. The highest BCUT2D eigenvalue weighted by molar-refractivity contribution is 6.30. The Labute approximate surface area is 94.9 Å². The minimum atomic E-state index is -0.637. The summed E-state index contributed by atoms with van der Waals surface area (Å²) in [6, 6.07) is 6.42. The van der Waals surface area contributed by atoms with Crippen molar-refractivity contribution in [2.24, 2.45) is 0 Å². The zero-order valence-electron chi connectivity index (χ0n) is 7.98. The lowest BCUT2D eigenvalue weighted by atomic mass is 10.3. The molecule has 0 atom stereocenters. The molecule has 2 N–H and O–H groups in total. The van der Waals surface area contributed by atoms with E-state index in [4.69, 9.17) is 11.6 Å². The standard InChI is InChI=1S/C10H7ClN2O3/c11-6-1-3-7(4-2-6)13-10(16)8(5-14)9(15)12-13/h1-5,16H,(H,12,15). The van der Waals surface area contributed by atoms with Gasteiger partial charge in [-0.15, -0.1) is 0 Å². The van der Waals surface area contributed by atoms with Gasteiger partial charge in [0.1, 0.15) is 5.56 Å². The van der Waals surface area contributed by atoms with Crippen molar-refractivity contribution in [3.63, 3.8) is 0 Å². The molecule has 0 aliphatic heterocycles. The summed E-state index contributed by atoms with van der Waals surface area (Å²) in [5.74, 6) is -0.415. The van der Waals surface area contributed by atoms with Gasteiger partial charge in [-0.1, -0.05) is 11.6 Å². The molecule has 0 saturated heterocycles. The number of nitrogens with zero attached hydrogens (tertiary/aromatic N) is 1. The summed E-state index contributed by atoms with van der Waals surface area (Å²) in [6.45, 7) is 0. The number of hydrogen-bond donors (Lipinski definition) is 2. The fourth-order valence-corrected chi connectivity index (χ4v) is 1.45. The van der Waals surface area contributed by atoms with Gasteiger partial charge in [0, 0.05) is 5.02 Å². The Hall–Kier alpha value is -2.01. The molecule has 0 saturated carbocycles. The Morgan fingerprint density at radius 3 is 2.44 bits per heavy atom. The van der Waals surface area contributed by atoms with E-state index >= 15 is 0 Å². The van der Waals surface area contributed by atoms with E-state index in [0.29, 0.717) is 17.0 Å². The molecule has 1 aromatic heterocycles. The Bertz CT molecular complexity index is 583. The molecule has 2 aromatic rings. The van der Waals surface area contributed by atoms with E-state index in [0.717, 1.165) is 4.68 Å². The zero-order chi connectivity index (χ0) is 11.7. The average Bonchev–Trinajstić information content (AvgIpc) is 2.55. The lowest BCUT2D eigenvalue weighted by molar-refractivity contribution is 0.112. The van der Waals surface area contributed by atoms with E-state index in [1.54, 1.807) is 24.3 Å². The van der Waals surface area contributed by atoms with Crippen LogP contribution in [0.15, 0.2) is 29.1 Å². The third-order valence-corrected chi connectivity index (χ3v) is 2.37. The largest absolute Gasteiger partial charge is 0.493 e. The number of carbonyl (C=O) groups excluding carboxylic acids is 1. The first-order chi connectivity index (χ1) is 7.63. The van der Waals surface area contributed by atoms with E-state index in [2.05, 4.69) is 5.10 Å². The number of rotatable bonds is 2. The monoisotopic (exact) mass is 238 g/mol. The molecule has 0 aliphatic rings. The van der Waals surface area contributed by atoms with Gasteiger partial charge in [0.25, 0.3) is 5.56 Å². The predicted octanol–water partition coefficient (Wildman–Crippen LogP) is 1.34. The molecule has 0 spiro atoms. The molecular weight excluding hydrogens is 232 g/mol. The second-order valence-corrected chi connectivity index (χ2v) is 3.54. The second-order valence-electron chi connectivity index (χ2n) is 3.11. The number of aromatic amines is 1. The van der Waals surface area contributed by atoms with E-state index in [-0.39, 0.29) is 5.56 Å². The number of halogens is 1. The van der Waals surface area contributed by atoms with Crippen molar-refractivity contribution in [1.82, 2.24) is 9.78 Å². The first kappa shape index (κ1) is 10.5. The maximum atomic E-state index is 11.2. The van der Waals surface area contributed by atoms with Crippen molar-refractivity contribution in [3.8, 4) is 11.6 Å². The molecule has 0 unspecified atom stereocenters. The molecule has 0 fully saturated rings. The van der Waals surface area contributed by atoms with Gasteiger partial charge in [-0.25, -0.2) is 4.68 Å². The minimum Gasteiger partial charge on any atom is -0.493 e. The highest BCUT2D eigenvalue weighted by Gasteiger charge is 2.13. The quantitative estimate of drug-likeness (QED) is 0.776. The molecular formula is C10H7ClN2O3. The molecule has 1 heterocycles. The zero-order valence-corrected chi connectivity index (χ0v) is 8.73. The lowest BCUT2D eigenvalue weighted by Gasteiger charge is -2.03. The summed E-state index contributed by atoms with van der Waals surface area (Å²) in [6.07, 6.45) is 0.306. The van der Waals surface area contributed by atoms with E-state index < -0.39 is 11.4 Å². The topological polar surface area (TPSA) is 75.1 Å². The van der Waals surface area contributed by atoms with Gasteiger partial charge >= 0.3 is 0 Å². The predicted molar refractivity (Wildman–Crippen MR) is 58.5 cm³/mol. The van der Waals surface area contributed by atoms with Crippen molar-refractivity contribution >= 4 is 17.9 Å². The number of aldehydes is 1. The molecule has 2 rings (SSSR count). The summed E-state index contributed by atoms with van der Waals surface area (Å²) < 4.78 is 1.11. The molecule has 0 bridgehead atoms. The average molecular weight is 239 g/mol. The number of nitrogens with one attached hydrogen (secondary N) is 1. The number of hydrogen-bond acceptors (Lipinski definition) is 3. The van der Waals surface area contributed by atoms with E-state index in [1.807, 2.05) is 0 Å². The van der Waals surface area contributed by atoms with Crippen molar-refractivity contribution in [3.05, 3.63) is 45.2 Å². The number of H-pyrrole nitrogens is 1. The van der Waals surface area contributed by atoms with Crippen LogP contribution < -0.4 is 5.56 Å². The van der Waals surface area contributed by atoms with Gasteiger partial charge in [-0.2, -0.15) is 0 Å². The molecule has 5 nitrogen and oxygen atoms in total. The van der Waals surface area contributed by atoms with E-state index in [9.17, 15) is 14.7 Å². The summed E-state index contributed by atoms with van der Waals surface area (Å²) >= 11 is 5.70. The summed E-state index contributed by atoms with van der Waals surface area (Å²) in [5, 5.41) is 12.5. The van der Waals surface area contributed by atoms with Crippen LogP contribution in [-0.4, -0.2) is 21.2 Å². The smallest absolute Gasteiger partial charge is 0.279 e. The molecule has 1 aromatic carbocycles. The highest BCUT2D eigenvalue weighted by Crippen LogP contribution is 2.18. The van der Waals surface area contributed by atoms with Crippen molar-refractivity contribution in [2.45, 2.75) is 0 Å². The first-order valence-corrected chi connectivity index (χ1v) is 4.76. The van der Waals surface area contributed by atoms with Crippen LogP contribution in [0.3, 0.4) is 0 Å². The highest BCUT2D eigenvalue weighted by atomic mass is 35.5. The summed E-state index contributed by atoms with van der Waals surface area (Å²) in [5.41, 5.74) is -0.426. The van der Waals surface area contributed by atoms with E-state index in [1.165, 1.54) is 0 Å². The van der Waals surface area contributed by atoms with Crippen LogP contribution in [-0.2, 0) is 0 Å². The van der Waals surface area contributed by atoms with Gasteiger partial charge in [0.05, 0.1) is 5.69 Å². The number of aromatic nitrogens is 2. The molecule has 0 radical (unpaired) electrons. The number of carbonyl (C=O) groups is 1. The molecule has 16 heavy (non-hydrogen) atoms. The fraction of sp³-hybridized carbons (Fsp3) is 0. The van der Waals surface area contributed by atoms with Gasteiger partial charge < -0.3 is 5.11 Å². The molecule has 82 valence electrons. The van der Waals surface area contributed by atoms with Crippen molar-refractivity contribution in [1.29, 1.82) is 0 Å². The third kappa shape index (κ3) is 1.61. The number of aromatic hydroxyl groups is 1. The summed E-state index contributed by atoms with van der Waals surface area (Å²) in [7, 11) is 0. The van der Waals surface area contributed by atoms with Gasteiger partial charge in [-0.05, 0) is 24.3 Å². The fourth-order valence-electron chi connectivity index (χ4n) is 1.32. The van der Waals surface area contributed by atoms with Crippen LogP contribution in [0.1, 0.15) is 10.4 Å². The van der Waals surface area contributed by atoms with Crippen LogP contribution in [0.4, 0.5) is 0 Å². The van der Waals surface area contributed by atoms with Crippen LogP contribution >= 0.6 is 11.6 Å². The molecule has 0 amide bonds. The maximum absolute atomic E-state index is 11.2.